The van der Waals surface area contributed by atoms with Crippen molar-refractivity contribution in [1.29, 1.82) is 0 Å². The van der Waals surface area contributed by atoms with Crippen LogP contribution < -0.4 is 10.5 Å². The molecule has 0 atom stereocenters. The van der Waals surface area contributed by atoms with E-state index in [-0.39, 0.29) is 5.56 Å². The number of nitrogens with zero attached hydrogens (tertiary/aromatic N) is 4. The van der Waals surface area contributed by atoms with Gasteiger partial charge in [-0.25, -0.2) is 0 Å². The van der Waals surface area contributed by atoms with Crippen molar-refractivity contribution in [3.63, 3.8) is 0 Å². The maximum atomic E-state index is 12.8. The molecule has 0 amide bonds. The van der Waals surface area contributed by atoms with Gasteiger partial charge in [0.2, 0.25) is 0 Å². The molecule has 0 saturated carbocycles. The van der Waals surface area contributed by atoms with Gasteiger partial charge in [-0.05, 0) is 49.5 Å². The summed E-state index contributed by atoms with van der Waals surface area (Å²) in [4.78, 5) is 20.9. The van der Waals surface area contributed by atoms with Crippen LogP contribution in [0.1, 0.15) is 0 Å². The first kappa shape index (κ1) is 17.3. The van der Waals surface area contributed by atoms with Gasteiger partial charge in [0.25, 0.3) is 5.56 Å². The van der Waals surface area contributed by atoms with E-state index in [4.69, 9.17) is 11.6 Å². The average Bonchev–Trinajstić information content (AvgIpc) is 3.06. The average molecular weight is 394 g/mol. The predicted octanol–water partition coefficient (Wildman–Crippen LogP) is 3.22. The van der Waals surface area contributed by atoms with Gasteiger partial charge in [-0.15, -0.1) is 0 Å². The Morgan fingerprint density at radius 3 is 2.46 bits per heavy atom. The van der Waals surface area contributed by atoms with Crippen molar-refractivity contribution in [2.24, 2.45) is 0 Å². The van der Waals surface area contributed by atoms with Crippen LogP contribution in [0.2, 0.25) is 5.02 Å². The van der Waals surface area contributed by atoms with E-state index in [9.17, 15) is 4.79 Å². The summed E-state index contributed by atoms with van der Waals surface area (Å²) in [5.41, 5.74) is 4.01. The fourth-order valence-electron chi connectivity index (χ4n) is 3.77. The molecule has 0 unspecified atom stereocenters. The standard InChI is InChI=1S/C21H20ClN5O/c1-25-8-10-26(11-9-25)16-6-7-17-19(12-16)23-13-18-20(17)24-27(21(18)28)15-4-2-14(22)3-5-15/h2-7,12-13,23H,8-11H2,1H3. The van der Waals surface area contributed by atoms with E-state index in [2.05, 4.69) is 45.1 Å². The first-order valence-electron chi connectivity index (χ1n) is 9.34. The number of rotatable bonds is 2. The van der Waals surface area contributed by atoms with E-state index >= 15 is 0 Å². The van der Waals surface area contributed by atoms with Gasteiger partial charge >= 0.3 is 0 Å². The molecule has 0 radical (unpaired) electrons. The molecule has 2 aromatic rings. The van der Waals surface area contributed by atoms with E-state index in [1.54, 1.807) is 30.5 Å². The minimum atomic E-state index is -0.140. The van der Waals surface area contributed by atoms with E-state index < -0.39 is 0 Å². The highest BCUT2D eigenvalue weighted by atomic mass is 35.5. The summed E-state index contributed by atoms with van der Waals surface area (Å²) < 4.78 is 1.43. The number of hydrogen-bond donors (Lipinski definition) is 1. The van der Waals surface area contributed by atoms with Gasteiger partial charge in [-0.1, -0.05) is 11.6 Å². The third-order valence-electron chi connectivity index (χ3n) is 5.45. The highest BCUT2D eigenvalue weighted by Crippen LogP contribution is 2.29. The third kappa shape index (κ3) is 2.85. The lowest BCUT2D eigenvalue weighted by atomic mass is 10.1. The number of benzene rings is 2. The van der Waals surface area contributed by atoms with Crippen LogP contribution in [0, 0.1) is 0 Å². The molecule has 1 saturated heterocycles. The number of aromatic nitrogens is 3. The molecule has 142 valence electrons. The summed E-state index contributed by atoms with van der Waals surface area (Å²) in [6, 6.07) is 13.4. The third-order valence-corrected chi connectivity index (χ3v) is 5.70. The van der Waals surface area contributed by atoms with E-state index in [0.717, 1.165) is 37.1 Å². The molecule has 1 N–H and O–H groups in total. The van der Waals surface area contributed by atoms with E-state index in [0.29, 0.717) is 22.0 Å². The maximum Gasteiger partial charge on any atom is 0.282 e. The molecule has 0 aromatic heterocycles. The van der Waals surface area contributed by atoms with Crippen LogP contribution in [0.4, 0.5) is 5.69 Å². The molecule has 0 bridgehead atoms. The van der Waals surface area contributed by atoms with Crippen molar-refractivity contribution in [3.8, 4) is 16.9 Å². The molecule has 5 rings (SSSR count). The van der Waals surface area contributed by atoms with Crippen molar-refractivity contribution in [2.45, 2.75) is 0 Å². The highest BCUT2D eigenvalue weighted by Gasteiger charge is 2.20. The maximum absolute atomic E-state index is 12.8. The summed E-state index contributed by atoms with van der Waals surface area (Å²) >= 11 is 5.96. The topological polar surface area (TPSA) is 57.2 Å². The predicted molar refractivity (Wildman–Crippen MR) is 113 cm³/mol. The molecule has 0 aliphatic carbocycles. The highest BCUT2D eigenvalue weighted by molar-refractivity contribution is 6.30. The Labute approximate surface area is 167 Å². The van der Waals surface area contributed by atoms with Crippen LogP contribution in [-0.2, 0) is 0 Å². The van der Waals surface area contributed by atoms with E-state index in [1.165, 1.54) is 10.4 Å². The number of anilines is 1. The van der Waals surface area contributed by atoms with Gasteiger partial charge < -0.3 is 14.8 Å². The Morgan fingerprint density at radius 1 is 1.00 bits per heavy atom. The molecule has 1 fully saturated rings. The normalized spacial score (nSPS) is 15.6. The first-order valence-corrected chi connectivity index (χ1v) is 9.71. The van der Waals surface area contributed by atoms with Gasteiger partial charge in [0.15, 0.2) is 0 Å². The van der Waals surface area contributed by atoms with Gasteiger partial charge in [0.05, 0.1) is 11.3 Å². The van der Waals surface area contributed by atoms with E-state index in [1.807, 2.05) is 0 Å². The summed E-state index contributed by atoms with van der Waals surface area (Å²) in [5, 5.41) is 6.19. The minimum absolute atomic E-state index is 0.140. The molecular weight excluding hydrogens is 374 g/mol. The fourth-order valence-corrected chi connectivity index (χ4v) is 3.90. The fraction of sp³-hybridized carbons (Fsp3) is 0.238. The lowest BCUT2D eigenvalue weighted by molar-refractivity contribution is 0.313. The Balaban J connectivity index is 1.60. The molecule has 6 nitrogen and oxygen atoms in total. The summed E-state index contributed by atoms with van der Waals surface area (Å²) in [5.74, 6) is 0. The first-order chi connectivity index (χ1) is 13.6. The van der Waals surface area contributed by atoms with Gasteiger partial charge in [0.1, 0.15) is 5.69 Å². The van der Waals surface area contributed by atoms with Crippen LogP contribution in [-0.4, -0.2) is 52.9 Å². The Bertz CT molecular complexity index is 1170. The van der Waals surface area contributed by atoms with Gasteiger partial charge in [-0.3, -0.25) is 4.79 Å². The number of H-pyrrole nitrogens is 1. The zero-order valence-corrected chi connectivity index (χ0v) is 16.3. The monoisotopic (exact) mass is 393 g/mol. The minimum Gasteiger partial charge on any atom is -0.369 e. The van der Waals surface area contributed by atoms with Gasteiger partial charge in [-0.2, -0.15) is 9.78 Å². The lowest BCUT2D eigenvalue weighted by Gasteiger charge is -2.34. The molecule has 28 heavy (non-hydrogen) atoms. The lowest BCUT2D eigenvalue weighted by Crippen LogP contribution is -2.44. The Kier molecular flexibility index (Phi) is 4.10. The van der Waals surface area contributed by atoms with Gasteiger partial charge in [0, 0.05) is 54.0 Å². The number of hydrogen-bond acceptors (Lipinski definition) is 4. The number of likely N-dealkylation sites (N-methyl/N-ethyl adjacent to an activating group) is 1. The molecule has 3 heterocycles. The molecule has 3 aliphatic heterocycles. The summed E-state index contributed by atoms with van der Waals surface area (Å²) in [7, 11) is 2.15. The van der Waals surface area contributed by atoms with Crippen LogP contribution in [0.15, 0.2) is 53.5 Å². The summed E-state index contributed by atoms with van der Waals surface area (Å²) in [6.45, 7) is 4.15. The SMILES string of the molecule is CN1CCN(c2ccc3c4nn(-c5ccc(Cl)cc5)c(=O)c-4c[nH]c3c2)CC1. The van der Waals surface area contributed by atoms with Crippen molar-refractivity contribution in [1.82, 2.24) is 19.7 Å². The second kappa shape index (κ2) is 6.65. The molecular formula is C21H20ClN5O. The quantitative estimate of drug-likeness (QED) is 0.568. The Morgan fingerprint density at radius 2 is 1.71 bits per heavy atom. The smallest absolute Gasteiger partial charge is 0.282 e. The number of pyridine rings is 1. The zero-order chi connectivity index (χ0) is 19.3. The molecule has 3 aliphatic rings. The zero-order valence-electron chi connectivity index (χ0n) is 15.5. The number of aromatic amines is 1. The van der Waals surface area contributed by atoms with Crippen LogP contribution in [0.3, 0.4) is 0 Å². The second-order valence-electron chi connectivity index (χ2n) is 7.26. The number of halogens is 1. The van der Waals surface area contributed by atoms with Crippen molar-refractivity contribution < 1.29 is 0 Å². The van der Waals surface area contributed by atoms with Crippen LogP contribution in [0.5, 0.6) is 0 Å². The molecule has 2 aromatic carbocycles. The second-order valence-corrected chi connectivity index (χ2v) is 7.70. The Hall–Kier alpha value is -2.83. The number of fused-ring (bicyclic) bond motifs is 3. The largest absolute Gasteiger partial charge is 0.369 e. The van der Waals surface area contributed by atoms with Crippen molar-refractivity contribution >= 4 is 28.2 Å². The number of nitrogens with one attached hydrogen (secondary N) is 1. The molecule has 7 heteroatoms. The summed E-state index contributed by atoms with van der Waals surface area (Å²) in [6.07, 6.45) is 1.76. The van der Waals surface area contributed by atoms with Crippen molar-refractivity contribution in [3.05, 3.63) is 64.0 Å². The van der Waals surface area contributed by atoms with Crippen LogP contribution in [0.25, 0.3) is 27.8 Å². The van der Waals surface area contributed by atoms with Crippen LogP contribution >= 0.6 is 11.6 Å². The number of piperazine rings is 1. The molecule has 0 spiro atoms. The van der Waals surface area contributed by atoms with Crippen molar-refractivity contribution in [2.75, 3.05) is 38.1 Å².